The summed E-state index contributed by atoms with van der Waals surface area (Å²) < 4.78 is 35.7. The summed E-state index contributed by atoms with van der Waals surface area (Å²) >= 11 is 11.8. The fourth-order valence-corrected chi connectivity index (χ4v) is 4.56. The molecule has 2 amide bonds. The normalized spacial score (nSPS) is 12.3. The second-order valence-corrected chi connectivity index (χ2v) is 9.99. The molecule has 1 aromatic heterocycles. The monoisotopic (exact) mass is 526 g/mol. The zero-order valence-electron chi connectivity index (χ0n) is 18.9. The predicted molar refractivity (Wildman–Crippen MR) is 130 cm³/mol. The van der Waals surface area contributed by atoms with Gasteiger partial charge in [0.25, 0.3) is 0 Å². The third-order valence-electron chi connectivity index (χ3n) is 4.68. The fourth-order valence-electron chi connectivity index (χ4n) is 2.97. The van der Waals surface area contributed by atoms with E-state index in [0.717, 1.165) is 0 Å². The number of aromatic nitrogens is 3. The molecule has 0 fully saturated rings. The Labute approximate surface area is 207 Å². The van der Waals surface area contributed by atoms with Crippen molar-refractivity contribution >= 4 is 44.9 Å². The Morgan fingerprint density at radius 2 is 1.88 bits per heavy atom. The van der Waals surface area contributed by atoms with Gasteiger partial charge in [-0.2, -0.15) is 0 Å². The quantitative estimate of drug-likeness (QED) is 0.445. The lowest BCUT2D eigenvalue weighted by Gasteiger charge is -2.16. The minimum absolute atomic E-state index is 0.0237. The summed E-state index contributed by atoms with van der Waals surface area (Å²) in [7, 11) is -0.631. The molecule has 0 radical (unpaired) electrons. The Kier molecular flexibility index (Phi) is 8.03. The number of hydrogen-bond donors (Lipinski definition) is 2. The molecule has 0 saturated heterocycles. The number of benzene rings is 2. The van der Waals surface area contributed by atoms with E-state index in [1.54, 1.807) is 49.9 Å². The van der Waals surface area contributed by atoms with Crippen molar-refractivity contribution in [1.29, 1.82) is 0 Å². The smallest absolute Gasteiger partial charge is 0.322 e. The van der Waals surface area contributed by atoms with Crippen molar-refractivity contribution in [3.05, 3.63) is 58.3 Å². The zero-order chi connectivity index (χ0) is 25.0. The van der Waals surface area contributed by atoms with Gasteiger partial charge in [0, 0.05) is 32.4 Å². The molecule has 0 unspecified atom stereocenters. The van der Waals surface area contributed by atoms with Crippen molar-refractivity contribution in [3.63, 3.8) is 0 Å². The predicted octanol–water partition coefficient (Wildman–Crippen LogP) is 4.53. The van der Waals surface area contributed by atoms with E-state index in [0.29, 0.717) is 23.8 Å². The van der Waals surface area contributed by atoms with Crippen LogP contribution in [0.4, 0.5) is 10.5 Å². The Bertz CT molecular complexity index is 1300. The highest BCUT2D eigenvalue weighted by Crippen LogP contribution is 2.28. The number of carbonyl (C=O) groups is 1. The molecule has 3 aromatic rings. The van der Waals surface area contributed by atoms with Gasteiger partial charge in [0.2, 0.25) is 10.0 Å². The van der Waals surface area contributed by atoms with E-state index in [4.69, 9.17) is 27.9 Å². The molecular weight excluding hydrogens is 503 g/mol. The third kappa shape index (κ3) is 5.98. The number of sulfonamides is 1. The fraction of sp³-hybridized carbons (Fsp3) is 0.286. The van der Waals surface area contributed by atoms with Crippen LogP contribution in [-0.4, -0.2) is 48.2 Å². The highest BCUT2D eigenvalue weighted by Gasteiger charge is 2.24. The summed E-state index contributed by atoms with van der Waals surface area (Å²) in [5.41, 5.74) is 0.543. The van der Waals surface area contributed by atoms with Gasteiger partial charge in [-0.05, 0) is 44.2 Å². The van der Waals surface area contributed by atoms with Crippen molar-refractivity contribution in [2.24, 2.45) is 0 Å². The minimum Gasteiger partial charge on any atom is -0.424 e. The van der Waals surface area contributed by atoms with E-state index in [-0.39, 0.29) is 27.0 Å². The highest BCUT2D eigenvalue weighted by molar-refractivity contribution is 7.89. The van der Waals surface area contributed by atoms with Gasteiger partial charge in [-0.3, -0.25) is 4.57 Å². The van der Waals surface area contributed by atoms with Gasteiger partial charge >= 0.3 is 12.0 Å². The molecule has 182 valence electrons. The molecule has 0 spiro atoms. The number of nitrogens with zero attached hydrogens (tertiary/aromatic N) is 4. The maximum atomic E-state index is 12.8. The minimum atomic E-state index is -3.90. The van der Waals surface area contributed by atoms with Crippen LogP contribution in [0.3, 0.4) is 0 Å². The van der Waals surface area contributed by atoms with Crippen molar-refractivity contribution in [2.75, 3.05) is 19.4 Å². The summed E-state index contributed by atoms with van der Waals surface area (Å²) in [6, 6.07) is 10.0. The van der Waals surface area contributed by atoms with Gasteiger partial charge in [-0.1, -0.05) is 34.4 Å². The first-order chi connectivity index (χ1) is 16.0. The maximum absolute atomic E-state index is 12.8. The Morgan fingerprint density at radius 1 is 1.15 bits per heavy atom. The number of amides is 2. The molecule has 2 aromatic carbocycles. The van der Waals surface area contributed by atoms with E-state index in [1.807, 2.05) is 6.92 Å². The number of urea groups is 1. The first-order valence-corrected chi connectivity index (χ1v) is 12.4. The van der Waals surface area contributed by atoms with Crippen LogP contribution in [0, 0.1) is 0 Å². The molecule has 13 heteroatoms. The van der Waals surface area contributed by atoms with Crippen LogP contribution in [0.1, 0.15) is 25.7 Å². The zero-order valence-corrected chi connectivity index (χ0v) is 21.2. The van der Waals surface area contributed by atoms with Crippen LogP contribution in [0.25, 0.3) is 0 Å². The molecule has 34 heavy (non-hydrogen) atoms. The van der Waals surface area contributed by atoms with Crippen LogP contribution >= 0.6 is 23.2 Å². The lowest BCUT2D eigenvalue weighted by atomic mass is 10.3. The van der Waals surface area contributed by atoms with E-state index in [1.165, 1.54) is 23.1 Å². The highest BCUT2D eigenvalue weighted by atomic mass is 35.5. The number of halogens is 2. The van der Waals surface area contributed by atoms with Crippen LogP contribution in [0.5, 0.6) is 11.8 Å². The van der Waals surface area contributed by atoms with Crippen LogP contribution in [0.2, 0.25) is 10.0 Å². The Morgan fingerprint density at radius 3 is 2.53 bits per heavy atom. The molecule has 0 saturated carbocycles. The molecule has 0 bridgehead atoms. The molecule has 2 N–H and O–H groups in total. The van der Waals surface area contributed by atoms with E-state index < -0.39 is 16.1 Å². The number of anilines is 1. The van der Waals surface area contributed by atoms with Gasteiger partial charge in [-0.15, -0.1) is 5.10 Å². The van der Waals surface area contributed by atoms with Crippen LogP contribution in [-0.2, 0) is 16.6 Å². The van der Waals surface area contributed by atoms with Crippen molar-refractivity contribution in [2.45, 2.75) is 31.3 Å². The van der Waals surface area contributed by atoms with Gasteiger partial charge in [0.05, 0.1) is 21.0 Å². The third-order valence-corrected chi connectivity index (χ3v) is 6.96. The maximum Gasteiger partial charge on any atom is 0.322 e. The average molecular weight is 527 g/mol. The molecular formula is C21H24Cl2N6O4S. The molecule has 1 atom stereocenters. The summed E-state index contributed by atoms with van der Waals surface area (Å²) in [5.74, 6) is 0.785. The van der Waals surface area contributed by atoms with Crippen LogP contribution in [0.15, 0.2) is 47.4 Å². The second kappa shape index (κ2) is 10.6. The van der Waals surface area contributed by atoms with Crippen molar-refractivity contribution < 1.29 is 17.9 Å². The number of ether oxygens (including phenoxy) is 1. The van der Waals surface area contributed by atoms with E-state index >= 15 is 0 Å². The summed E-state index contributed by atoms with van der Waals surface area (Å²) in [6.45, 7) is 3.92. The Hall–Kier alpha value is -2.86. The van der Waals surface area contributed by atoms with Crippen LogP contribution < -0.4 is 14.8 Å². The molecule has 1 heterocycles. The summed E-state index contributed by atoms with van der Waals surface area (Å²) in [4.78, 5) is 13.3. The van der Waals surface area contributed by atoms with Crippen molar-refractivity contribution in [3.8, 4) is 11.8 Å². The number of rotatable bonds is 8. The van der Waals surface area contributed by atoms with Gasteiger partial charge in [0.1, 0.15) is 5.75 Å². The molecule has 0 aliphatic heterocycles. The van der Waals surface area contributed by atoms with Crippen molar-refractivity contribution in [1.82, 2.24) is 24.4 Å². The molecule has 3 rings (SSSR count). The summed E-state index contributed by atoms with van der Waals surface area (Å²) in [5, 5.41) is 11.3. The first-order valence-electron chi connectivity index (χ1n) is 10.2. The topological polar surface area (TPSA) is 118 Å². The summed E-state index contributed by atoms with van der Waals surface area (Å²) in [6.07, 6.45) is 0. The molecule has 10 nitrogen and oxygen atoms in total. The van der Waals surface area contributed by atoms with Gasteiger partial charge in [0.15, 0.2) is 5.82 Å². The van der Waals surface area contributed by atoms with Gasteiger partial charge < -0.3 is 15.0 Å². The standard InChI is InChI=1S/C21H24Cl2N6O4S/c1-5-29-19(13(2)27-34(31,32)16-9-10-17(22)18(23)12-16)25-26-21(29)33-15-8-6-7-14(11-15)24-20(30)28(3)4/h6-13,27H,5H2,1-4H3,(H,24,30)/t13-/m1/s1. The lowest BCUT2D eigenvalue weighted by Crippen LogP contribution is -2.29. The molecule has 0 aliphatic carbocycles. The SMILES string of the molecule is CCn1c(Oc2cccc(NC(=O)N(C)C)c2)nnc1[C@@H](C)NS(=O)(=O)c1ccc(Cl)c(Cl)c1. The Balaban J connectivity index is 1.80. The van der Waals surface area contributed by atoms with E-state index in [9.17, 15) is 13.2 Å². The largest absolute Gasteiger partial charge is 0.424 e. The number of carbonyl (C=O) groups excluding carboxylic acids is 1. The second-order valence-electron chi connectivity index (χ2n) is 7.46. The first kappa shape index (κ1) is 25.8. The number of nitrogens with one attached hydrogen (secondary N) is 2. The van der Waals surface area contributed by atoms with Gasteiger partial charge in [-0.25, -0.2) is 17.9 Å². The van der Waals surface area contributed by atoms with E-state index in [2.05, 4.69) is 20.2 Å². The lowest BCUT2D eigenvalue weighted by molar-refractivity contribution is 0.230. The average Bonchev–Trinajstić information content (AvgIpc) is 3.18. The molecule has 0 aliphatic rings. The number of hydrogen-bond acceptors (Lipinski definition) is 6.